The highest BCUT2D eigenvalue weighted by Crippen LogP contribution is 2.20. The fourth-order valence-corrected chi connectivity index (χ4v) is 2.14. The van der Waals surface area contributed by atoms with Crippen molar-refractivity contribution in [3.05, 3.63) is 18.3 Å². The van der Waals surface area contributed by atoms with Crippen LogP contribution in [0.2, 0.25) is 0 Å². The number of nitrogens with zero attached hydrogens (tertiary/aromatic N) is 3. The van der Waals surface area contributed by atoms with Gasteiger partial charge >= 0.3 is 0 Å². The fourth-order valence-electron chi connectivity index (χ4n) is 2.14. The summed E-state index contributed by atoms with van der Waals surface area (Å²) in [6, 6.07) is 4.18. The Hall–Kier alpha value is -1.29. The highest BCUT2D eigenvalue weighted by atomic mass is 15.3. The molecule has 0 atom stereocenters. The van der Waals surface area contributed by atoms with Crippen LogP contribution >= 0.6 is 0 Å². The summed E-state index contributed by atoms with van der Waals surface area (Å²) in [6.45, 7) is 10.8. The van der Waals surface area contributed by atoms with Crippen LogP contribution in [0, 0.1) is 0 Å². The lowest BCUT2D eigenvalue weighted by Crippen LogP contribution is -2.44. The smallest absolute Gasteiger partial charge is 0.130 e. The predicted octanol–water partition coefficient (Wildman–Crippen LogP) is 2.04. The van der Waals surface area contributed by atoms with Gasteiger partial charge < -0.3 is 15.1 Å². The molecule has 0 unspecified atom stereocenters. The summed E-state index contributed by atoms with van der Waals surface area (Å²) in [4.78, 5) is 9.20. The number of hydrogen-bond donors (Lipinski definition) is 1. The number of aromatic nitrogens is 1. The Labute approximate surface area is 110 Å². The van der Waals surface area contributed by atoms with Gasteiger partial charge in [-0.25, -0.2) is 4.98 Å². The molecule has 1 N–H and O–H groups in total. The minimum absolute atomic E-state index is 0.0841. The lowest BCUT2D eigenvalue weighted by atomic mass is 10.1. The van der Waals surface area contributed by atoms with Crippen molar-refractivity contribution < 1.29 is 0 Å². The van der Waals surface area contributed by atoms with Gasteiger partial charge in [-0.1, -0.05) is 0 Å². The molecule has 0 radical (unpaired) electrons. The van der Waals surface area contributed by atoms with Crippen LogP contribution in [0.1, 0.15) is 20.8 Å². The van der Waals surface area contributed by atoms with Gasteiger partial charge in [0.05, 0.1) is 0 Å². The van der Waals surface area contributed by atoms with E-state index in [9.17, 15) is 0 Å². The summed E-state index contributed by atoms with van der Waals surface area (Å²) in [7, 11) is 2.17. The Balaban J connectivity index is 2.07. The molecule has 1 aliphatic rings. The molecule has 2 rings (SSSR count). The van der Waals surface area contributed by atoms with Crippen LogP contribution in [-0.2, 0) is 0 Å². The van der Waals surface area contributed by atoms with Crippen molar-refractivity contribution in [1.29, 1.82) is 0 Å². The second kappa shape index (κ2) is 5.14. The fraction of sp³-hybridized carbons (Fsp3) is 0.643. The molecule has 1 saturated heterocycles. The van der Waals surface area contributed by atoms with E-state index in [4.69, 9.17) is 0 Å². The molecule has 0 saturated carbocycles. The number of rotatable bonds is 2. The summed E-state index contributed by atoms with van der Waals surface area (Å²) in [6.07, 6.45) is 1.89. The standard InChI is InChI=1S/C14H24N4/c1-14(2,3)16-12-5-6-15-13(11-12)18-9-7-17(4)8-10-18/h5-6,11H,7-10H2,1-4H3,(H,15,16). The molecule has 0 spiro atoms. The van der Waals surface area contributed by atoms with Crippen molar-refractivity contribution in [2.75, 3.05) is 43.4 Å². The number of likely N-dealkylation sites (N-methyl/N-ethyl adjacent to an activating group) is 1. The molecule has 0 aromatic carbocycles. The monoisotopic (exact) mass is 248 g/mol. The molecular formula is C14H24N4. The Morgan fingerprint density at radius 2 is 1.83 bits per heavy atom. The van der Waals surface area contributed by atoms with Crippen LogP contribution in [0.25, 0.3) is 0 Å². The van der Waals surface area contributed by atoms with Gasteiger partial charge in [-0.15, -0.1) is 0 Å². The molecule has 1 fully saturated rings. The molecule has 100 valence electrons. The molecule has 18 heavy (non-hydrogen) atoms. The van der Waals surface area contributed by atoms with Crippen LogP contribution in [0.15, 0.2) is 18.3 Å². The van der Waals surface area contributed by atoms with E-state index in [-0.39, 0.29) is 5.54 Å². The molecule has 0 amide bonds. The maximum atomic E-state index is 4.49. The van der Waals surface area contributed by atoms with E-state index < -0.39 is 0 Å². The van der Waals surface area contributed by atoms with Crippen molar-refractivity contribution in [3.8, 4) is 0 Å². The summed E-state index contributed by atoms with van der Waals surface area (Å²) in [5.74, 6) is 1.08. The predicted molar refractivity (Wildman–Crippen MR) is 77.3 cm³/mol. The molecule has 1 aromatic rings. The number of hydrogen-bond acceptors (Lipinski definition) is 4. The second-order valence-corrected chi connectivity index (χ2v) is 6.07. The Morgan fingerprint density at radius 3 is 2.44 bits per heavy atom. The van der Waals surface area contributed by atoms with Crippen LogP contribution in [0.5, 0.6) is 0 Å². The molecule has 0 aliphatic carbocycles. The number of anilines is 2. The van der Waals surface area contributed by atoms with Crippen molar-refractivity contribution in [2.45, 2.75) is 26.3 Å². The van der Waals surface area contributed by atoms with E-state index >= 15 is 0 Å². The molecular weight excluding hydrogens is 224 g/mol. The highest BCUT2D eigenvalue weighted by molar-refractivity contribution is 5.54. The van der Waals surface area contributed by atoms with Gasteiger partial charge in [0, 0.05) is 49.7 Å². The minimum Gasteiger partial charge on any atom is -0.380 e. The summed E-state index contributed by atoms with van der Waals surface area (Å²) in [5.41, 5.74) is 1.23. The first-order valence-corrected chi connectivity index (χ1v) is 6.62. The SMILES string of the molecule is CN1CCN(c2cc(NC(C)(C)C)ccn2)CC1. The Morgan fingerprint density at radius 1 is 1.17 bits per heavy atom. The summed E-state index contributed by atoms with van der Waals surface area (Å²) >= 11 is 0. The van der Waals surface area contributed by atoms with Gasteiger partial charge in [-0.05, 0) is 33.9 Å². The molecule has 1 aliphatic heterocycles. The van der Waals surface area contributed by atoms with Gasteiger partial charge in [0.15, 0.2) is 0 Å². The Kier molecular flexibility index (Phi) is 3.76. The third-order valence-corrected chi connectivity index (χ3v) is 3.09. The first-order valence-electron chi connectivity index (χ1n) is 6.62. The first-order chi connectivity index (χ1) is 8.44. The van der Waals surface area contributed by atoms with Crippen LogP contribution in [0.3, 0.4) is 0 Å². The topological polar surface area (TPSA) is 31.4 Å². The summed E-state index contributed by atoms with van der Waals surface area (Å²) < 4.78 is 0. The quantitative estimate of drug-likeness (QED) is 0.868. The first kappa shape index (κ1) is 13.1. The molecule has 4 heteroatoms. The van der Waals surface area contributed by atoms with E-state index in [2.05, 4.69) is 54.0 Å². The van der Waals surface area contributed by atoms with E-state index in [0.29, 0.717) is 0 Å². The van der Waals surface area contributed by atoms with E-state index in [1.807, 2.05) is 12.3 Å². The molecule has 2 heterocycles. The second-order valence-electron chi connectivity index (χ2n) is 6.07. The van der Waals surface area contributed by atoms with Gasteiger partial charge in [0.25, 0.3) is 0 Å². The number of pyridine rings is 1. The van der Waals surface area contributed by atoms with E-state index in [1.165, 1.54) is 0 Å². The lowest BCUT2D eigenvalue weighted by molar-refractivity contribution is 0.312. The molecule has 0 bridgehead atoms. The maximum Gasteiger partial charge on any atom is 0.130 e. The highest BCUT2D eigenvalue weighted by Gasteiger charge is 2.16. The number of piperazine rings is 1. The average Bonchev–Trinajstić information content (AvgIpc) is 2.28. The third kappa shape index (κ3) is 3.60. The maximum absolute atomic E-state index is 4.49. The third-order valence-electron chi connectivity index (χ3n) is 3.09. The van der Waals surface area contributed by atoms with Crippen LogP contribution < -0.4 is 10.2 Å². The zero-order valence-corrected chi connectivity index (χ0v) is 11.9. The van der Waals surface area contributed by atoms with Crippen LogP contribution in [0.4, 0.5) is 11.5 Å². The zero-order chi connectivity index (χ0) is 13.2. The molecule has 4 nitrogen and oxygen atoms in total. The lowest BCUT2D eigenvalue weighted by Gasteiger charge is -2.33. The van der Waals surface area contributed by atoms with Crippen molar-refractivity contribution in [3.63, 3.8) is 0 Å². The number of nitrogens with one attached hydrogen (secondary N) is 1. The summed E-state index contributed by atoms with van der Waals surface area (Å²) in [5, 5.41) is 3.49. The van der Waals surface area contributed by atoms with Crippen molar-refractivity contribution in [1.82, 2.24) is 9.88 Å². The average molecular weight is 248 g/mol. The van der Waals surface area contributed by atoms with Gasteiger partial charge in [-0.2, -0.15) is 0 Å². The zero-order valence-electron chi connectivity index (χ0n) is 11.9. The van der Waals surface area contributed by atoms with E-state index in [1.54, 1.807) is 0 Å². The van der Waals surface area contributed by atoms with Gasteiger partial charge in [0.1, 0.15) is 5.82 Å². The molecule has 1 aromatic heterocycles. The minimum atomic E-state index is 0.0841. The Bertz CT molecular complexity index is 389. The van der Waals surface area contributed by atoms with Crippen molar-refractivity contribution in [2.24, 2.45) is 0 Å². The normalized spacial score (nSPS) is 17.9. The van der Waals surface area contributed by atoms with Crippen LogP contribution in [-0.4, -0.2) is 48.6 Å². The van der Waals surface area contributed by atoms with E-state index in [0.717, 1.165) is 37.7 Å². The van der Waals surface area contributed by atoms with Gasteiger partial charge in [-0.3, -0.25) is 0 Å². The largest absolute Gasteiger partial charge is 0.380 e. The van der Waals surface area contributed by atoms with Gasteiger partial charge in [0.2, 0.25) is 0 Å². The van der Waals surface area contributed by atoms with Crippen molar-refractivity contribution >= 4 is 11.5 Å².